The van der Waals surface area contributed by atoms with Crippen LogP contribution in [0.1, 0.15) is 43.8 Å². The van der Waals surface area contributed by atoms with Crippen LogP contribution in [0.4, 0.5) is 0 Å². The SMILES string of the molecule is O=C(O)CCS(=O)(=O)Cc1ccn(C2CCCC2)n1. The Kier molecular flexibility index (Phi) is 4.24. The van der Waals surface area contributed by atoms with Crippen molar-refractivity contribution in [1.29, 1.82) is 0 Å². The largest absolute Gasteiger partial charge is 0.481 e. The first kappa shape index (κ1) is 14.0. The van der Waals surface area contributed by atoms with Gasteiger partial charge in [0.15, 0.2) is 9.84 Å². The quantitative estimate of drug-likeness (QED) is 0.853. The van der Waals surface area contributed by atoms with Crippen molar-refractivity contribution in [3.8, 4) is 0 Å². The summed E-state index contributed by atoms with van der Waals surface area (Å²) < 4.78 is 25.3. The first-order valence-corrected chi connectivity index (χ1v) is 8.25. The van der Waals surface area contributed by atoms with Gasteiger partial charge in [-0.15, -0.1) is 0 Å². The fraction of sp³-hybridized carbons (Fsp3) is 0.667. The number of sulfone groups is 1. The minimum atomic E-state index is -3.40. The molecule has 6 nitrogen and oxygen atoms in total. The summed E-state index contributed by atoms with van der Waals surface area (Å²) in [7, 11) is -3.40. The molecule has 1 aromatic heterocycles. The molecular formula is C12H18N2O4S. The lowest BCUT2D eigenvalue weighted by atomic mass is 10.3. The molecule has 0 unspecified atom stereocenters. The Morgan fingerprint density at radius 1 is 1.42 bits per heavy atom. The lowest BCUT2D eigenvalue weighted by Crippen LogP contribution is -2.14. The normalized spacial score (nSPS) is 16.8. The maximum Gasteiger partial charge on any atom is 0.304 e. The van der Waals surface area contributed by atoms with Crippen LogP contribution in [-0.2, 0) is 20.4 Å². The van der Waals surface area contributed by atoms with Crippen LogP contribution in [0.3, 0.4) is 0 Å². The van der Waals surface area contributed by atoms with Crippen molar-refractivity contribution in [3.63, 3.8) is 0 Å². The fourth-order valence-corrected chi connectivity index (χ4v) is 3.60. The standard InChI is InChI=1S/C12H18N2O4S/c15-12(16)6-8-19(17,18)9-10-5-7-14(13-10)11-3-1-2-4-11/h5,7,11H,1-4,6,8-9H2,(H,15,16). The summed E-state index contributed by atoms with van der Waals surface area (Å²) in [5, 5.41) is 12.8. The van der Waals surface area contributed by atoms with Crippen LogP contribution in [0, 0.1) is 0 Å². The Morgan fingerprint density at radius 2 is 2.11 bits per heavy atom. The molecule has 1 heterocycles. The summed E-state index contributed by atoms with van der Waals surface area (Å²) in [6.07, 6.45) is 6.02. The van der Waals surface area contributed by atoms with Crippen LogP contribution in [-0.4, -0.2) is 35.0 Å². The number of aromatic nitrogens is 2. The van der Waals surface area contributed by atoms with Gasteiger partial charge in [-0.25, -0.2) is 8.42 Å². The van der Waals surface area contributed by atoms with Crippen molar-refractivity contribution in [2.24, 2.45) is 0 Å². The van der Waals surface area contributed by atoms with Gasteiger partial charge in [0.2, 0.25) is 0 Å². The highest BCUT2D eigenvalue weighted by atomic mass is 32.2. The van der Waals surface area contributed by atoms with Gasteiger partial charge in [0.25, 0.3) is 0 Å². The average molecular weight is 286 g/mol. The van der Waals surface area contributed by atoms with Gasteiger partial charge in [-0.1, -0.05) is 12.8 Å². The molecule has 106 valence electrons. The van der Waals surface area contributed by atoms with E-state index in [1.807, 2.05) is 10.9 Å². The van der Waals surface area contributed by atoms with Crippen molar-refractivity contribution in [2.45, 2.75) is 43.9 Å². The number of hydrogen-bond donors (Lipinski definition) is 1. The van der Waals surface area contributed by atoms with Gasteiger partial charge in [0.1, 0.15) is 0 Å². The molecule has 2 rings (SSSR count). The van der Waals surface area contributed by atoms with E-state index >= 15 is 0 Å². The third kappa shape index (κ3) is 4.05. The second-order valence-electron chi connectivity index (χ2n) is 4.96. The first-order valence-electron chi connectivity index (χ1n) is 6.42. The second-order valence-corrected chi connectivity index (χ2v) is 7.15. The van der Waals surface area contributed by atoms with Crippen molar-refractivity contribution in [2.75, 3.05) is 5.75 Å². The summed E-state index contributed by atoms with van der Waals surface area (Å²) in [5.74, 6) is -1.61. The summed E-state index contributed by atoms with van der Waals surface area (Å²) in [6, 6.07) is 2.09. The molecule has 0 spiro atoms. The van der Waals surface area contributed by atoms with Crippen molar-refractivity contribution < 1.29 is 18.3 Å². The van der Waals surface area contributed by atoms with Gasteiger partial charge in [-0.2, -0.15) is 5.10 Å². The van der Waals surface area contributed by atoms with E-state index in [1.165, 1.54) is 12.8 Å². The number of carbonyl (C=O) groups is 1. The second kappa shape index (κ2) is 5.73. The Labute approximate surface area is 112 Å². The minimum absolute atomic E-state index is 0.181. The van der Waals surface area contributed by atoms with Crippen molar-refractivity contribution in [3.05, 3.63) is 18.0 Å². The molecule has 1 fully saturated rings. The van der Waals surface area contributed by atoms with Gasteiger partial charge in [0, 0.05) is 6.20 Å². The zero-order chi connectivity index (χ0) is 13.9. The molecule has 1 aliphatic rings. The van der Waals surface area contributed by atoms with E-state index < -0.39 is 15.8 Å². The highest BCUT2D eigenvalue weighted by molar-refractivity contribution is 7.90. The number of hydrogen-bond acceptors (Lipinski definition) is 4. The summed E-state index contributed by atoms with van der Waals surface area (Å²) in [5.41, 5.74) is 0.497. The Bertz CT molecular complexity index is 544. The van der Waals surface area contributed by atoms with Crippen LogP contribution in [0.5, 0.6) is 0 Å². The van der Waals surface area contributed by atoms with E-state index in [0.717, 1.165) is 12.8 Å². The van der Waals surface area contributed by atoms with E-state index in [9.17, 15) is 13.2 Å². The number of rotatable bonds is 6. The van der Waals surface area contributed by atoms with E-state index in [1.54, 1.807) is 6.07 Å². The highest BCUT2D eigenvalue weighted by Crippen LogP contribution is 2.28. The highest BCUT2D eigenvalue weighted by Gasteiger charge is 2.20. The summed E-state index contributed by atoms with van der Waals surface area (Å²) in [4.78, 5) is 10.4. The Balaban J connectivity index is 1.97. The Morgan fingerprint density at radius 3 is 2.74 bits per heavy atom. The summed E-state index contributed by atoms with van der Waals surface area (Å²) in [6.45, 7) is 0. The van der Waals surface area contributed by atoms with Crippen LogP contribution < -0.4 is 0 Å². The first-order chi connectivity index (χ1) is 8.96. The van der Waals surface area contributed by atoms with E-state index in [0.29, 0.717) is 11.7 Å². The van der Waals surface area contributed by atoms with E-state index in [2.05, 4.69) is 5.10 Å². The maximum atomic E-state index is 11.7. The van der Waals surface area contributed by atoms with E-state index in [4.69, 9.17) is 5.11 Å². The third-order valence-corrected chi connectivity index (χ3v) is 4.92. The third-order valence-electron chi connectivity index (χ3n) is 3.36. The van der Waals surface area contributed by atoms with Crippen molar-refractivity contribution in [1.82, 2.24) is 9.78 Å². The van der Waals surface area contributed by atoms with Gasteiger partial charge < -0.3 is 5.11 Å². The van der Waals surface area contributed by atoms with E-state index in [-0.39, 0.29) is 17.9 Å². The predicted molar refractivity (Wildman–Crippen MR) is 69.5 cm³/mol. The van der Waals surface area contributed by atoms with Crippen LogP contribution in [0.2, 0.25) is 0 Å². The molecule has 0 bridgehead atoms. The lowest BCUT2D eigenvalue weighted by Gasteiger charge is -2.08. The molecule has 0 radical (unpaired) electrons. The Hall–Kier alpha value is -1.37. The molecule has 19 heavy (non-hydrogen) atoms. The number of carboxylic acid groups (broad SMARTS) is 1. The number of carboxylic acids is 1. The molecular weight excluding hydrogens is 268 g/mol. The van der Waals surface area contributed by atoms with Gasteiger partial charge in [-0.05, 0) is 18.9 Å². The molecule has 1 aromatic rings. The molecule has 1 N–H and O–H groups in total. The molecule has 0 saturated heterocycles. The van der Waals surface area contributed by atoms with Gasteiger partial charge >= 0.3 is 5.97 Å². The molecule has 0 amide bonds. The van der Waals surface area contributed by atoms with Gasteiger partial charge in [0.05, 0.1) is 29.7 Å². The molecule has 1 aliphatic carbocycles. The topological polar surface area (TPSA) is 89.3 Å². The zero-order valence-corrected chi connectivity index (χ0v) is 11.5. The maximum absolute atomic E-state index is 11.7. The molecule has 0 aliphatic heterocycles. The average Bonchev–Trinajstić information content (AvgIpc) is 2.95. The van der Waals surface area contributed by atoms with Crippen LogP contribution in [0.25, 0.3) is 0 Å². The van der Waals surface area contributed by atoms with Crippen LogP contribution in [0.15, 0.2) is 12.3 Å². The smallest absolute Gasteiger partial charge is 0.304 e. The predicted octanol–water partition coefficient (Wildman–Crippen LogP) is 1.39. The van der Waals surface area contributed by atoms with Crippen molar-refractivity contribution >= 4 is 15.8 Å². The molecule has 1 saturated carbocycles. The molecule has 0 atom stereocenters. The monoisotopic (exact) mass is 286 g/mol. The summed E-state index contributed by atoms with van der Waals surface area (Å²) >= 11 is 0. The fourth-order valence-electron chi connectivity index (χ4n) is 2.37. The lowest BCUT2D eigenvalue weighted by molar-refractivity contribution is -0.136. The minimum Gasteiger partial charge on any atom is -0.481 e. The zero-order valence-electron chi connectivity index (χ0n) is 10.7. The van der Waals surface area contributed by atoms with Gasteiger partial charge in [-0.3, -0.25) is 9.48 Å². The number of nitrogens with zero attached hydrogens (tertiary/aromatic N) is 2. The van der Waals surface area contributed by atoms with Crippen LogP contribution >= 0.6 is 0 Å². The molecule has 0 aromatic carbocycles. The number of aliphatic carboxylic acids is 1. The molecule has 7 heteroatoms.